The van der Waals surface area contributed by atoms with Crippen LogP contribution in [0.25, 0.3) is 16.7 Å². The van der Waals surface area contributed by atoms with E-state index in [2.05, 4.69) is 20.4 Å². The first kappa shape index (κ1) is 19.9. The Kier molecular flexibility index (Phi) is 5.55. The number of hydrogen-bond acceptors (Lipinski definition) is 6. The lowest BCUT2D eigenvalue weighted by Crippen LogP contribution is -2.44. The molecule has 5 rings (SSSR count). The summed E-state index contributed by atoms with van der Waals surface area (Å²) < 4.78 is 1.83. The van der Waals surface area contributed by atoms with Crippen molar-refractivity contribution in [2.24, 2.45) is 5.92 Å². The average Bonchev–Trinajstić information content (AvgIpc) is 3.24. The summed E-state index contributed by atoms with van der Waals surface area (Å²) in [5, 5.41) is 18.7. The van der Waals surface area contributed by atoms with Gasteiger partial charge < -0.3 is 15.3 Å². The SMILES string of the molecule is O=C(C1CCC(Nc2nccc(-n3ncc4ccccc43)n2)CC1)N1CCC(O)CC1. The predicted octanol–water partition coefficient (Wildman–Crippen LogP) is 2.77. The van der Waals surface area contributed by atoms with Crippen molar-refractivity contribution in [1.29, 1.82) is 0 Å². The van der Waals surface area contributed by atoms with E-state index in [1.165, 1.54) is 0 Å². The molecule has 1 aliphatic heterocycles. The van der Waals surface area contributed by atoms with E-state index in [9.17, 15) is 9.90 Å². The van der Waals surface area contributed by atoms with Crippen LogP contribution in [-0.2, 0) is 4.79 Å². The topological polar surface area (TPSA) is 96.2 Å². The largest absolute Gasteiger partial charge is 0.393 e. The Morgan fingerprint density at radius 1 is 1.03 bits per heavy atom. The fourth-order valence-electron chi connectivity index (χ4n) is 4.70. The number of aliphatic hydroxyl groups excluding tert-OH is 1. The van der Waals surface area contributed by atoms with Crippen LogP contribution in [0.4, 0.5) is 5.95 Å². The molecule has 2 aliphatic rings. The first-order valence-electron chi connectivity index (χ1n) is 11.2. The zero-order chi connectivity index (χ0) is 21.2. The highest BCUT2D eigenvalue weighted by molar-refractivity contribution is 5.80. The van der Waals surface area contributed by atoms with Gasteiger partial charge in [0, 0.05) is 42.7 Å². The molecule has 0 atom stereocenters. The highest BCUT2D eigenvalue weighted by Gasteiger charge is 2.31. The van der Waals surface area contributed by atoms with Crippen molar-refractivity contribution in [3.8, 4) is 5.82 Å². The zero-order valence-electron chi connectivity index (χ0n) is 17.5. The van der Waals surface area contributed by atoms with E-state index in [1.54, 1.807) is 6.20 Å². The Morgan fingerprint density at radius 3 is 2.61 bits per heavy atom. The molecule has 2 aromatic heterocycles. The van der Waals surface area contributed by atoms with Crippen molar-refractivity contribution in [2.75, 3.05) is 18.4 Å². The molecule has 31 heavy (non-hydrogen) atoms. The Morgan fingerprint density at radius 2 is 1.81 bits per heavy atom. The van der Waals surface area contributed by atoms with Crippen LogP contribution in [0.5, 0.6) is 0 Å². The Labute approximate surface area is 181 Å². The number of carbonyl (C=O) groups excluding carboxylic acids is 1. The van der Waals surface area contributed by atoms with Crippen LogP contribution in [0.1, 0.15) is 38.5 Å². The molecule has 3 heterocycles. The normalized spacial score (nSPS) is 22.5. The lowest BCUT2D eigenvalue weighted by molar-refractivity contribution is -0.138. The van der Waals surface area contributed by atoms with Crippen molar-refractivity contribution in [3.05, 3.63) is 42.7 Å². The van der Waals surface area contributed by atoms with Gasteiger partial charge in [-0.1, -0.05) is 18.2 Å². The number of nitrogens with zero attached hydrogens (tertiary/aromatic N) is 5. The van der Waals surface area contributed by atoms with Crippen molar-refractivity contribution in [1.82, 2.24) is 24.6 Å². The summed E-state index contributed by atoms with van der Waals surface area (Å²) >= 11 is 0. The summed E-state index contributed by atoms with van der Waals surface area (Å²) in [5.41, 5.74) is 1.01. The minimum absolute atomic E-state index is 0.0935. The van der Waals surface area contributed by atoms with E-state index in [4.69, 9.17) is 0 Å². The lowest BCUT2D eigenvalue weighted by atomic mass is 9.85. The van der Waals surface area contributed by atoms with Gasteiger partial charge in [-0.3, -0.25) is 4.79 Å². The second-order valence-electron chi connectivity index (χ2n) is 8.60. The summed E-state index contributed by atoms with van der Waals surface area (Å²) in [4.78, 5) is 23.8. The lowest BCUT2D eigenvalue weighted by Gasteiger charge is -2.35. The standard InChI is InChI=1S/C23H28N6O2/c30-19-10-13-28(14-11-19)22(31)16-5-7-18(8-6-16)26-23-24-12-9-21(27-23)29-20-4-2-1-3-17(20)15-25-29/h1-4,9,12,15-16,18-19,30H,5-8,10-11,13-14H2,(H,24,26,27). The van der Waals surface area contributed by atoms with Crippen molar-refractivity contribution in [2.45, 2.75) is 50.7 Å². The predicted molar refractivity (Wildman–Crippen MR) is 118 cm³/mol. The van der Waals surface area contributed by atoms with E-state index in [0.717, 1.165) is 42.4 Å². The molecule has 2 fully saturated rings. The Bertz CT molecular complexity index is 1050. The van der Waals surface area contributed by atoms with Gasteiger partial charge in [-0.05, 0) is 44.6 Å². The summed E-state index contributed by atoms with van der Waals surface area (Å²) in [5.74, 6) is 1.68. The van der Waals surface area contributed by atoms with E-state index < -0.39 is 0 Å². The molecule has 162 valence electrons. The second kappa shape index (κ2) is 8.63. The number of hydrogen-bond donors (Lipinski definition) is 2. The second-order valence-corrected chi connectivity index (χ2v) is 8.60. The average molecular weight is 421 g/mol. The van der Waals surface area contributed by atoms with Crippen LogP contribution < -0.4 is 5.32 Å². The van der Waals surface area contributed by atoms with E-state index in [-0.39, 0.29) is 24.0 Å². The fraction of sp³-hybridized carbons (Fsp3) is 0.478. The number of benzene rings is 1. The number of carbonyl (C=O) groups is 1. The Balaban J connectivity index is 1.20. The molecule has 0 unspecified atom stereocenters. The molecule has 0 radical (unpaired) electrons. The molecule has 8 nitrogen and oxygen atoms in total. The number of fused-ring (bicyclic) bond motifs is 1. The maximum Gasteiger partial charge on any atom is 0.225 e. The molecule has 1 amide bonds. The number of nitrogens with one attached hydrogen (secondary N) is 1. The molecule has 1 saturated carbocycles. The molecule has 0 bridgehead atoms. The van der Waals surface area contributed by atoms with Crippen LogP contribution >= 0.6 is 0 Å². The van der Waals surface area contributed by atoms with Gasteiger partial charge in [0.2, 0.25) is 11.9 Å². The molecule has 8 heteroatoms. The van der Waals surface area contributed by atoms with E-state index >= 15 is 0 Å². The summed E-state index contributed by atoms with van der Waals surface area (Å²) in [6, 6.07) is 10.2. The quantitative estimate of drug-likeness (QED) is 0.674. The number of anilines is 1. The maximum absolute atomic E-state index is 12.8. The zero-order valence-corrected chi connectivity index (χ0v) is 17.5. The van der Waals surface area contributed by atoms with Gasteiger partial charge in [0.05, 0.1) is 17.8 Å². The van der Waals surface area contributed by atoms with Crippen LogP contribution in [0.3, 0.4) is 0 Å². The summed E-state index contributed by atoms with van der Waals surface area (Å²) in [6.45, 7) is 1.36. The fourth-order valence-corrected chi connectivity index (χ4v) is 4.70. The molecule has 2 N–H and O–H groups in total. The monoisotopic (exact) mass is 420 g/mol. The molecule has 1 aromatic carbocycles. The molecule has 0 spiro atoms. The number of rotatable bonds is 4. The minimum Gasteiger partial charge on any atom is -0.393 e. The molecule has 3 aromatic rings. The highest BCUT2D eigenvalue weighted by Crippen LogP contribution is 2.28. The third-order valence-electron chi connectivity index (χ3n) is 6.52. The van der Waals surface area contributed by atoms with Gasteiger partial charge in [0.25, 0.3) is 0 Å². The van der Waals surface area contributed by atoms with Crippen LogP contribution in [-0.4, -0.2) is 60.9 Å². The Hall–Kier alpha value is -3.00. The minimum atomic E-state index is -0.250. The van der Waals surface area contributed by atoms with Gasteiger partial charge in [-0.25, -0.2) is 9.67 Å². The van der Waals surface area contributed by atoms with E-state index in [1.807, 2.05) is 46.1 Å². The summed E-state index contributed by atoms with van der Waals surface area (Å²) in [7, 11) is 0. The van der Waals surface area contributed by atoms with Gasteiger partial charge in [-0.15, -0.1) is 0 Å². The molecular formula is C23H28N6O2. The third-order valence-corrected chi connectivity index (χ3v) is 6.52. The van der Waals surface area contributed by atoms with Crippen molar-refractivity contribution >= 4 is 22.8 Å². The van der Waals surface area contributed by atoms with Crippen LogP contribution in [0.2, 0.25) is 0 Å². The van der Waals surface area contributed by atoms with Gasteiger partial charge in [0.15, 0.2) is 5.82 Å². The number of amides is 1. The summed E-state index contributed by atoms with van der Waals surface area (Å²) in [6.07, 6.45) is 8.32. The number of piperidine rings is 1. The number of para-hydroxylation sites is 1. The highest BCUT2D eigenvalue weighted by atomic mass is 16.3. The smallest absolute Gasteiger partial charge is 0.225 e. The number of aromatic nitrogens is 4. The van der Waals surface area contributed by atoms with Crippen molar-refractivity contribution < 1.29 is 9.90 Å². The number of aliphatic hydroxyl groups is 1. The van der Waals surface area contributed by atoms with Gasteiger partial charge in [0.1, 0.15) is 0 Å². The molecular weight excluding hydrogens is 392 g/mol. The molecule has 1 aliphatic carbocycles. The van der Waals surface area contributed by atoms with Gasteiger partial charge in [-0.2, -0.15) is 10.1 Å². The first-order valence-corrected chi connectivity index (χ1v) is 11.2. The van der Waals surface area contributed by atoms with Gasteiger partial charge >= 0.3 is 0 Å². The van der Waals surface area contributed by atoms with E-state index in [0.29, 0.717) is 31.9 Å². The maximum atomic E-state index is 12.8. The molecule has 1 saturated heterocycles. The van der Waals surface area contributed by atoms with Crippen molar-refractivity contribution in [3.63, 3.8) is 0 Å². The third kappa shape index (κ3) is 4.25. The van der Waals surface area contributed by atoms with Crippen LogP contribution in [0, 0.1) is 5.92 Å². The number of likely N-dealkylation sites (tertiary alicyclic amines) is 1. The first-order chi connectivity index (χ1) is 15.2. The van der Waals surface area contributed by atoms with Crippen LogP contribution in [0.15, 0.2) is 42.7 Å².